The molecule has 9 heteroatoms. The second-order valence-electron chi connectivity index (χ2n) is 7.75. The lowest BCUT2D eigenvalue weighted by molar-refractivity contribution is -0.185. The number of hydrogen-bond acceptors (Lipinski definition) is 3. The summed E-state index contributed by atoms with van der Waals surface area (Å²) in [4.78, 5) is 24.9. The van der Waals surface area contributed by atoms with Crippen LogP contribution in [0.25, 0.3) is 0 Å². The molecule has 2 aromatic carbocycles. The minimum atomic E-state index is -4.93. The maximum Gasteiger partial charge on any atom is 0.471 e. The third-order valence-corrected chi connectivity index (χ3v) is 5.12. The van der Waals surface area contributed by atoms with Crippen LogP contribution in [0.4, 0.5) is 18.9 Å². The number of halogens is 3. The Hall–Kier alpha value is -3.62. The van der Waals surface area contributed by atoms with Crippen LogP contribution >= 0.6 is 0 Å². The second kappa shape index (κ2) is 9.89. The second-order valence-corrected chi connectivity index (χ2v) is 7.75. The smallest absolute Gasteiger partial charge is 0.331 e. The number of benzene rings is 2. The van der Waals surface area contributed by atoms with Crippen molar-refractivity contribution < 1.29 is 22.8 Å². The Morgan fingerprint density at radius 2 is 1.73 bits per heavy atom. The van der Waals surface area contributed by atoms with Gasteiger partial charge in [-0.15, -0.1) is 0 Å². The Labute approximate surface area is 190 Å². The van der Waals surface area contributed by atoms with Gasteiger partial charge in [-0.05, 0) is 62.2 Å². The largest absolute Gasteiger partial charge is 0.471 e. The lowest BCUT2D eigenvalue weighted by Crippen LogP contribution is -2.40. The number of hydrogen-bond donors (Lipinski definition) is 1. The summed E-state index contributed by atoms with van der Waals surface area (Å²) in [7, 11) is 0. The molecule has 0 atom stereocenters. The van der Waals surface area contributed by atoms with Crippen molar-refractivity contribution in [1.82, 2.24) is 14.7 Å². The molecule has 174 valence electrons. The van der Waals surface area contributed by atoms with Gasteiger partial charge in [-0.1, -0.05) is 24.3 Å². The summed E-state index contributed by atoms with van der Waals surface area (Å²) < 4.78 is 40.1. The number of carbonyl (C=O) groups is 2. The van der Waals surface area contributed by atoms with Crippen LogP contribution in [-0.4, -0.2) is 39.2 Å². The van der Waals surface area contributed by atoms with E-state index in [0.717, 1.165) is 17.0 Å². The standard InChI is InChI=1S/C24H25F3N4O2/c1-4-30(23(33)24(25,26)27)14-19-6-5-7-21(13-19)28-22(32)20-10-8-18(9-11-20)15-31-17(3)12-16(2)29-31/h5-13H,4,14-15H2,1-3H3,(H,28,32). The highest BCUT2D eigenvalue weighted by Crippen LogP contribution is 2.21. The SMILES string of the molecule is CCN(Cc1cccc(NC(=O)c2ccc(Cn3nc(C)cc3C)cc2)c1)C(=O)C(F)(F)F. The highest BCUT2D eigenvalue weighted by molar-refractivity contribution is 6.04. The fourth-order valence-corrected chi connectivity index (χ4v) is 3.45. The number of rotatable bonds is 7. The topological polar surface area (TPSA) is 67.2 Å². The van der Waals surface area contributed by atoms with Gasteiger partial charge in [0, 0.05) is 30.0 Å². The number of aryl methyl sites for hydroxylation is 2. The minimum absolute atomic E-state index is 0.0844. The Morgan fingerprint density at radius 3 is 2.30 bits per heavy atom. The van der Waals surface area contributed by atoms with Gasteiger partial charge in [-0.25, -0.2) is 0 Å². The van der Waals surface area contributed by atoms with Gasteiger partial charge in [-0.2, -0.15) is 18.3 Å². The molecule has 2 amide bonds. The van der Waals surface area contributed by atoms with Crippen molar-refractivity contribution in [2.24, 2.45) is 0 Å². The molecule has 0 aliphatic heterocycles. The van der Waals surface area contributed by atoms with E-state index in [1.807, 2.05) is 36.7 Å². The molecule has 3 aromatic rings. The molecule has 0 bridgehead atoms. The van der Waals surface area contributed by atoms with Gasteiger partial charge in [0.05, 0.1) is 12.2 Å². The number of aromatic nitrogens is 2. The van der Waals surface area contributed by atoms with Crippen LogP contribution in [0.1, 0.15) is 39.8 Å². The van der Waals surface area contributed by atoms with Crippen molar-refractivity contribution in [3.63, 3.8) is 0 Å². The first kappa shape index (κ1) is 24.0. The maximum atomic E-state index is 12.7. The number of nitrogens with zero attached hydrogens (tertiary/aromatic N) is 3. The van der Waals surface area contributed by atoms with Crippen molar-refractivity contribution in [2.45, 2.75) is 40.0 Å². The summed E-state index contributed by atoms with van der Waals surface area (Å²) in [6.07, 6.45) is -4.93. The number of alkyl halides is 3. The van der Waals surface area contributed by atoms with Gasteiger partial charge in [0.15, 0.2) is 0 Å². The van der Waals surface area contributed by atoms with E-state index in [9.17, 15) is 22.8 Å². The van der Waals surface area contributed by atoms with Gasteiger partial charge < -0.3 is 10.2 Å². The van der Waals surface area contributed by atoms with E-state index in [0.29, 0.717) is 28.3 Å². The van der Waals surface area contributed by atoms with Crippen molar-refractivity contribution in [1.29, 1.82) is 0 Å². The summed E-state index contributed by atoms with van der Waals surface area (Å²) in [6.45, 7) is 5.69. The molecule has 0 saturated heterocycles. The van der Waals surface area contributed by atoms with E-state index in [-0.39, 0.29) is 19.0 Å². The lowest BCUT2D eigenvalue weighted by Gasteiger charge is -2.22. The predicted molar refractivity (Wildman–Crippen MR) is 119 cm³/mol. The van der Waals surface area contributed by atoms with Crippen LogP contribution in [0, 0.1) is 13.8 Å². The van der Waals surface area contributed by atoms with Gasteiger partial charge in [-0.3, -0.25) is 14.3 Å². The van der Waals surface area contributed by atoms with E-state index in [1.54, 1.807) is 36.4 Å². The van der Waals surface area contributed by atoms with Crippen LogP contribution in [0.2, 0.25) is 0 Å². The molecule has 0 aliphatic rings. The molecule has 3 rings (SSSR count). The molecule has 6 nitrogen and oxygen atoms in total. The molecule has 0 aliphatic carbocycles. The normalized spacial score (nSPS) is 11.3. The molecular weight excluding hydrogens is 433 g/mol. The summed E-state index contributed by atoms with van der Waals surface area (Å²) in [5.74, 6) is -2.23. The Bertz CT molecular complexity index is 1140. The fourth-order valence-electron chi connectivity index (χ4n) is 3.45. The molecule has 0 spiro atoms. The first-order chi connectivity index (χ1) is 15.6. The average Bonchev–Trinajstić information content (AvgIpc) is 3.08. The van der Waals surface area contributed by atoms with Crippen molar-refractivity contribution in [2.75, 3.05) is 11.9 Å². The third kappa shape index (κ3) is 6.21. The molecule has 0 radical (unpaired) electrons. The van der Waals surface area contributed by atoms with E-state index in [4.69, 9.17) is 0 Å². The zero-order valence-corrected chi connectivity index (χ0v) is 18.6. The van der Waals surface area contributed by atoms with Crippen molar-refractivity contribution in [3.05, 3.63) is 82.7 Å². The van der Waals surface area contributed by atoms with E-state index < -0.39 is 12.1 Å². The zero-order valence-electron chi connectivity index (χ0n) is 18.6. The van der Waals surface area contributed by atoms with Crippen molar-refractivity contribution >= 4 is 17.5 Å². The molecule has 0 saturated carbocycles. The predicted octanol–water partition coefficient (Wildman–Crippen LogP) is 4.71. The van der Waals surface area contributed by atoms with E-state index in [1.165, 1.54) is 6.92 Å². The Balaban J connectivity index is 1.65. The highest BCUT2D eigenvalue weighted by Gasteiger charge is 2.41. The first-order valence-electron chi connectivity index (χ1n) is 10.4. The molecule has 1 aromatic heterocycles. The quantitative estimate of drug-likeness (QED) is 0.558. The molecule has 0 unspecified atom stereocenters. The Morgan fingerprint density at radius 1 is 1.03 bits per heavy atom. The monoisotopic (exact) mass is 458 g/mol. The summed E-state index contributed by atoms with van der Waals surface area (Å²) in [6, 6.07) is 15.5. The number of nitrogens with one attached hydrogen (secondary N) is 1. The molecule has 1 heterocycles. The third-order valence-electron chi connectivity index (χ3n) is 5.12. The van der Waals surface area contributed by atoms with Crippen LogP contribution in [0.3, 0.4) is 0 Å². The van der Waals surface area contributed by atoms with Crippen LogP contribution in [0.5, 0.6) is 0 Å². The molecule has 1 N–H and O–H groups in total. The van der Waals surface area contributed by atoms with E-state index >= 15 is 0 Å². The van der Waals surface area contributed by atoms with Gasteiger partial charge in [0.1, 0.15) is 0 Å². The van der Waals surface area contributed by atoms with Crippen molar-refractivity contribution in [3.8, 4) is 0 Å². The van der Waals surface area contributed by atoms with Crippen LogP contribution < -0.4 is 5.32 Å². The van der Waals surface area contributed by atoms with Crippen LogP contribution in [-0.2, 0) is 17.9 Å². The highest BCUT2D eigenvalue weighted by atomic mass is 19.4. The van der Waals surface area contributed by atoms with Gasteiger partial charge in [0.2, 0.25) is 0 Å². The number of amides is 2. The average molecular weight is 458 g/mol. The zero-order chi connectivity index (χ0) is 24.2. The summed E-state index contributed by atoms with van der Waals surface area (Å²) in [5, 5.41) is 7.18. The number of carbonyl (C=O) groups excluding carboxylic acids is 2. The fraction of sp³-hybridized carbons (Fsp3) is 0.292. The summed E-state index contributed by atoms with van der Waals surface area (Å²) in [5.41, 5.74) is 4.34. The lowest BCUT2D eigenvalue weighted by atomic mass is 10.1. The molecular formula is C24H25F3N4O2. The molecule has 33 heavy (non-hydrogen) atoms. The minimum Gasteiger partial charge on any atom is -0.331 e. The van der Waals surface area contributed by atoms with Crippen LogP contribution in [0.15, 0.2) is 54.6 Å². The van der Waals surface area contributed by atoms with Gasteiger partial charge in [0.25, 0.3) is 5.91 Å². The number of anilines is 1. The molecule has 0 fully saturated rings. The first-order valence-corrected chi connectivity index (χ1v) is 10.4. The maximum absolute atomic E-state index is 12.7. The summed E-state index contributed by atoms with van der Waals surface area (Å²) >= 11 is 0. The Kier molecular flexibility index (Phi) is 7.20. The van der Waals surface area contributed by atoms with E-state index in [2.05, 4.69) is 10.4 Å². The van der Waals surface area contributed by atoms with Gasteiger partial charge >= 0.3 is 12.1 Å².